The Balaban J connectivity index is 4.55. The van der Waals surface area contributed by atoms with Gasteiger partial charge in [-0.25, -0.2) is 0 Å². The second kappa shape index (κ2) is 5.17. The van der Waals surface area contributed by atoms with Gasteiger partial charge in [0.05, 0.1) is 0 Å². The van der Waals surface area contributed by atoms with E-state index in [-0.39, 0.29) is 10.4 Å². The number of hydrogen-bond donors (Lipinski definition) is 0. The molecule has 0 heterocycles. The van der Waals surface area contributed by atoms with Crippen LogP contribution in [0.5, 0.6) is 0 Å². The van der Waals surface area contributed by atoms with E-state index in [0.717, 1.165) is 0 Å². The maximum absolute atomic E-state index is 6.19. The predicted molar refractivity (Wildman–Crippen MR) is 71.2 cm³/mol. The summed E-state index contributed by atoms with van der Waals surface area (Å²) in [6, 6.07) is 0. The third kappa shape index (κ3) is 4.49. The Morgan fingerprint density at radius 2 is 1.64 bits per heavy atom. The molecule has 14 heavy (non-hydrogen) atoms. The van der Waals surface area contributed by atoms with Gasteiger partial charge in [0, 0.05) is 5.54 Å². The molecule has 1 atom stereocenters. The summed E-state index contributed by atoms with van der Waals surface area (Å²) in [5, 5.41) is 0. The third-order valence-electron chi connectivity index (χ3n) is 2.49. The second-order valence-corrected chi connectivity index (χ2v) is 14.3. The van der Waals surface area contributed by atoms with E-state index in [1.165, 1.54) is 0 Å². The lowest BCUT2D eigenvalue weighted by Crippen LogP contribution is -2.47. The zero-order valence-electron chi connectivity index (χ0n) is 9.60. The van der Waals surface area contributed by atoms with Crippen molar-refractivity contribution in [2.75, 3.05) is 0 Å². The van der Waals surface area contributed by atoms with Crippen LogP contribution in [0.4, 0.5) is 0 Å². The average molecular weight is 271 g/mol. The van der Waals surface area contributed by atoms with E-state index in [1.54, 1.807) is 0 Å². The van der Waals surface area contributed by atoms with Crippen LogP contribution in [0, 0.1) is 0 Å². The quantitative estimate of drug-likeness (QED) is 0.534. The molecule has 84 valence electrons. The summed E-state index contributed by atoms with van der Waals surface area (Å²) in [5.74, 6) is 0. The molecule has 0 radical (unpaired) electrons. The van der Waals surface area contributed by atoms with E-state index >= 15 is 0 Å². The SMILES string of the molecule is C=C[Si](C)(C)O[Si](C)(C)C(C)C(Cl)Cl. The molecule has 0 aromatic rings. The Kier molecular flexibility index (Phi) is 5.43. The lowest BCUT2D eigenvalue weighted by Gasteiger charge is -2.36. The minimum absolute atomic E-state index is 0.234. The first-order valence-corrected chi connectivity index (χ1v) is 11.6. The lowest BCUT2D eigenvalue weighted by molar-refractivity contribution is 0.536. The third-order valence-corrected chi connectivity index (χ3v) is 11.4. The van der Waals surface area contributed by atoms with Gasteiger partial charge in [-0.1, -0.05) is 12.6 Å². The number of alkyl halides is 2. The molecule has 1 unspecified atom stereocenters. The van der Waals surface area contributed by atoms with Crippen molar-refractivity contribution in [1.82, 2.24) is 0 Å². The van der Waals surface area contributed by atoms with Gasteiger partial charge >= 0.3 is 0 Å². The largest absolute Gasteiger partial charge is 0.452 e. The van der Waals surface area contributed by atoms with Crippen LogP contribution in [0.25, 0.3) is 0 Å². The number of hydrogen-bond acceptors (Lipinski definition) is 1. The molecule has 0 amide bonds. The van der Waals surface area contributed by atoms with Gasteiger partial charge in [0.1, 0.15) is 4.84 Å². The fourth-order valence-electron chi connectivity index (χ4n) is 1.12. The summed E-state index contributed by atoms with van der Waals surface area (Å²) in [4.78, 5) is -0.341. The maximum atomic E-state index is 6.19. The zero-order valence-corrected chi connectivity index (χ0v) is 13.1. The molecule has 0 rings (SSSR count). The molecule has 0 aliphatic carbocycles. The molecular formula is C9H20Cl2OSi2. The van der Waals surface area contributed by atoms with Gasteiger partial charge in [0.15, 0.2) is 16.6 Å². The molecule has 0 fully saturated rings. The van der Waals surface area contributed by atoms with Crippen molar-refractivity contribution in [2.45, 2.75) is 43.5 Å². The minimum Gasteiger partial charge on any atom is -0.452 e. The van der Waals surface area contributed by atoms with E-state index in [4.69, 9.17) is 27.3 Å². The second-order valence-electron chi connectivity index (χ2n) is 4.64. The fourth-order valence-corrected chi connectivity index (χ4v) is 10.0. The Morgan fingerprint density at radius 3 is 1.93 bits per heavy atom. The first-order valence-electron chi connectivity index (χ1n) is 4.74. The van der Waals surface area contributed by atoms with Crippen LogP contribution in [0.3, 0.4) is 0 Å². The zero-order chi connectivity index (χ0) is 11.6. The average Bonchev–Trinajstić information content (AvgIpc) is 2.01. The van der Waals surface area contributed by atoms with Gasteiger partial charge in [0.2, 0.25) is 0 Å². The van der Waals surface area contributed by atoms with Crippen LogP contribution in [0.1, 0.15) is 6.92 Å². The summed E-state index contributed by atoms with van der Waals surface area (Å²) >= 11 is 11.8. The van der Waals surface area contributed by atoms with Crippen LogP contribution in [0.15, 0.2) is 12.3 Å². The molecule has 0 N–H and O–H groups in total. The Labute approximate surface area is 99.7 Å². The van der Waals surface area contributed by atoms with Crippen molar-refractivity contribution in [3.63, 3.8) is 0 Å². The van der Waals surface area contributed by atoms with Gasteiger partial charge in [-0.15, -0.1) is 29.8 Å². The summed E-state index contributed by atoms with van der Waals surface area (Å²) in [7, 11) is -3.51. The van der Waals surface area contributed by atoms with Crippen molar-refractivity contribution in [1.29, 1.82) is 0 Å². The maximum Gasteiger partial charge on any atom is 0.198 e. The highest BCUT2D eigenvalue weighted by molar-refractivity contribution is 6.88. The normalized spacial score (nSPS) is 15.7. The predicted octanol–water partition coefficient (Wildman–Crippen LogP) is 4.33. The Hall–Kier alpha value is 0.714. The van der Waals surface area contributed by atoms with Crippen molar-refractivity contribution >= 4 is 39.8 Å². The monoisotopic (exact) mass is 270 g/mol. The van der Waals surface area contributed by atoms with E-state index in [1.807, 2.05) is 5.70 Å². The molecule has 5 heteroatoms. The van der Waals surface area contributed by atoms with Crippen LogP contribution in [-0.4, -0.2) is 21.5 Å². The van der Waals surface area contributed by atoms with E-state index < -0.39 is 16.6 Å². The summed E-state index contributed by atoms with van der Waals surface area (Å²) in [6.45, 7) is 14.5. The standard InChI is InChI=1S/C9H20Cl2OSi2/c1-7-13(3,4)12-14(5,6)8(2)9(10)11/h7-9H,1H2,2-6H3. The summed E-state index contributed by atoms with van der Waals surface area (Å²) in [5.41, 5.74) is 2.18. The van der Waals surface area contributed by atoms with Crippen molar-refractivity contribution < 1.29 is 4.12 Å². The molecule has 0 aromatic heterocycles. The topological polar surface area (TPSA) is 9.23 Å². The molecule has 0 saturated carbocycles. The van der Waals surface area contributed by atoms with Gasteiger partial charge in [-0.05, 0) is 26.2 Å². The molecule has 0 spiro atoms. The van der Waals surface area contributed by atoms with Crippen molar-refractivity contribution in [3.05, 3.63) is 12.3 Å². The van der Waals surface area contributed by atoms with Gasteiger partial charge in [-0.3, -0.25) is 0 Å². The van der Waals surface area contributed by atoms with Gasteiger partial charge in [-0.2, -0.15) is 0 Å². The smallest absolute Gasteiger partial charge is 0.198 e. The molecule has 0 aromatic carbocycles. The molecule has 0 bridgehead atoms. The molecule has 0 aliphatic heterocycles. The first-order chi connectivity index (χ1) is 6.12. The summed E-state index contributed by atoms with van der Waals surface area (Å²) < 4.78 is 6.19. The van der Waals surface area contributed by atoms with Crippen LogP contribution in [0.2, 0.25) is 31.7 Å². The first kappa shape index (κ1) is 14.7. The highest BCUT2D eigenvalue weighted by atomic mass is 35.5. The molecule has 0 saturated heterocycles. The van der Waals surface area contributed by atoms with E-state index in [9.17, 15) is 0 Å². The molecule has 1 nitrogen and oxygen atoms in total. The van der Waals surface area contributed by atoms with Crippen LogP contribution < -0.4 is 0 Å². The van der Waals surface area contributed by atoms with Gasteiger partial charge in [0.25, 0.3) is 0 Å². The van der Waals surface area contributed by atoms with Crippen molar-refractivity contribution in [2.24, 2.45) is 0 Å². The molecular weight excluding hydrogens is 251 g/mol. The minimum atomic E-state index is -1.80. The number of rotatable bonds is 5. The summed E-state index contributed by atoms with van der Waals surface area (Å²) in [6.07, 6.45) is 0. The van der Waals surface area contributed by atoms with Crippen LogP contribution in [-0.2, 0) is 4.12 Å². The molecule has 0 aliphatic rings. The lowest BCUT2D eigenvalue weighted by atomic mass is 10.5. The fraction of sp³-hybridized carbons (Fsp3) is 0.778. The highest BCUT2D eigenvalue weighted by Gasteiger charge is 2.38. The van der Waals surface area contributed by atoms with Gasteiger partial charge < -0.3 is 4.12 Å². The Morgan fingerprint density at radius 1 is 1.21 bits per heavy atom. The Bertz CT molecular complexity index is 205. The van der Waals surface area contributed by atoms with Crippen LogP contribution >= 0.6 is 23.2 Å². The number of halogens is 2. The highest BCUT2D eigenvalue weighted by Crippen LogP contribution is 2.33. The van der Waals surface area contributed by atoms with Crippen molar-refractivity contribution in [3.8, 4) is 0 Å². The van der Waals surface area contributed by atoms with E-state index in [2.05, 4.69) is 39.7 Å². The van der Waals surface area contributed by atoms with E-state index in [0.29, 0.717) is 0 Å².